The zero-order chi connectivity index (χ0) is 28.0. The predicted octanol–water partition coefficient (Wildman–Crippen LogP) is 4.09. The minimum absolute atomic E-state index is 0.321. The summed E-state index contributed by atoms with van der Waals surface area (Å²) in [5, 5.41) is 5.08. The molecule has 206 valence electrons. The number of anilines is 1. The van der Waals surface area contributed by atoms with Gasteiger partial charge in [0.1, 0.15) is 12.2 Å². The molecular formula is C26H23ClF2N8O2S. The van der Waals surface area contributed by atoms with Crippen LogP contribution in [0.5, 0.6) is 0 Å². The van der Waals surface area contributed by atoms with Crippen LogP contribution in [0.25, 0.3) is 28.4 Å². The van der Waals surface area contributed by atoms with Crippen LogP contribution in [-0.4, -0.2) is 56.8 Å². The first-order valence-corrected chi connectivity index (χ1v) is 14.3. The van der Waals surface area contributed by atoms with E-state index in [1.165, 1.54) is 6.33 Å². The molecule has 3 aromatic heterocycles. The summed E-state index contributed by atoms with van der Waals surface area (Å²) in [5.74, 6) is -0.529. The molecule has 0 aliphatic carbocycles. The van der Waals surface area contributed by atoms with E-state index in [0.29, 0.717) is 71.2 Å². The molecule has 1 saturated heterocycles. The second-order valence-electron chi connectivity index (χ2n) is 9.43. The molecule has 2 aromatic carbocycles. The Labute approximate surface area is 233 Å². The van der Waals surface area contributed by atoms with Gasteiger partial charge in [0.25, 0.3) is 0 Å². The molecule has 0 saturated carbocycles. The van der Waals surface area contributed by atoms with Crippen molar-refractivity contribution in [3.8, 4) is 17.2 Å². The number of aryl methyl sites for hydroxylation is 1. The zero-order valence-corrected chi connectivity index (χ0v) is 22.7. The Morgan fingerprint density at radius 1 is 1.02 bits per heavy atom. The number of nitrogens with zero attached hydrogens (tertiary/aromatic N) is 7. The van der Waals surface area contributed by atoms with Crippen LogP contribution in [-0.2, 0) is 17.1 Å². The average molecular weight is 585 g/mol. The summed E-state index contributed by atoms with van der Waals surface area (Å²) in [7, 11) is -2.20. The van der Waals surface area contributed by atoms with E-state index in [-0.39, 0.29) is 4.90 Å². The van der Waals surface area contributed by atoms with Gasteiger partial charge in [-0.2, -0.15) is 5.10 Å². The van der Waals surface area contributed by atoms with E-state index in [4.69, 9.17) is 16.6 Å². The largest absolute Gasteiger partial charge is 0.355 e. The van der Waals surface area contributed by atoms with Crippen molar-refractivity contribution in [3.63, 3.8) is 0 Å². The third kappa shape index (κ3) is 4.80. The van der Waals surface area contributed by atoms with Crippen molar-refractivity contribution < 1.29 is 17.2 Å². The Balaban J connectivity index is 1.30. The molecule has 1 aliphatic heterocycles. The number of halogens is 3. The summed E-state index contributed by atoms with van der Waals surface area (Å²) in [6.07, 6.45) is 4.22. The van der Waals surface area contributed by atoms with E-state index < -0.39 is 27.7 Å². The van der Waals surface area contributed by atoms with E-state index in [1.807, 2.05) is 47.0 Å². The van der Waals surface area contributed by atoms with Gasteiger partial charge in [-0.1, -0.05) is 23.7 Å². The van der Waals surface area contributed by atoms with Crippen molar-refractivity contribution in [2.75, 3.05) is 18.0 Å². The number of imidazole rings is 1. The van der Waals surface area contributed by atoms with E-state index in [1.54, 1.807) is 10.7 Å². The number of sulfonamides is 1. The smallest absolute Gasteiger partial charge is 0.240 e. The summed E-state index contributed by atoms with van der Waals surface area (Å²) in [4.78, 5) is 15.7. The molecule has 0 amide bonds. The second-order valence-corrected chi connectivity index (χ2v) is 11.5. The summed E-state index contributed by atoms with van der Waals surface area (Å²) in [6.45, 7) is 0.962. The minimum Gasteiger partial charge on any atom is -0.355 e. The standard InChI is InChI=1S/C26H23ClF2N8O2S/c1-35-11-10-22(33-35)37-24(18-4-2-3-5-19(18)27)32-23-25(30-15-31-26(23)37)36-12-8-16(9-13-36)34-40(38,39)17-6-7-20(28)21(29)14-17/h2-7,10-11,14-16,34H,8-9,12-13H2,1H3. The Bertz CT molecular complexity index is 1830. The quantitative estimate of drug-likeness (QED) is 0.320. The summed E-state index contributed by atoms with van der Waals surface area (Å²) >= 11 is 6.55. The molecule has 10 nitrogen and oxygen atoms in total. The molecule has 1 aliphatic rings. The fourth-order valence-corrected chi connectivity index (χ4v) is 6.35. The van der Waals surface area contributed by atoms with E-state index in [2.05, 4.69) is 19.8 Å². The zero-order valence-electron chi connectivity index (χ0n) is 21.2. The maximum Gasteiger partial charge on any atom is 0.240 e. The highest BCUT2D eigenvalue weighted by atomic mass is 35.5. The van der Waals surface area contributed by atoms with Gasteiger partial charge in [0, 0.05) is 44.0 Å². The van der Waals surface area contributed by atoms with Crippen LogP contribution in [0.4, 0.5) is 14.6 Å². The molecular weight excluding hydrogens is 562 g/mol. The van der Waals surface area contributed by atoms with Crippen molar-refractivity contribution in [2.45, 2.75) is 23.8 Å². The van der Waals surface area contributed by atoms with Crippen LogP contribution < -0.4 is 9.62 Å². The Morgan fingerprint density at radius 3 is 2.50 bits per heavy atom. The van der Waals surface area contributed by atoms with Crippen molar-refractivity contribution in [1.29, 1.82) is 0 Å². The highest BCUT2D eigenvalue weighted by Crippen LogP contribution is 2.34. The maximum atomic E-state index is 13.6. The first-order valence-electron chi connectivity index (χ1n) is 12.4. The lowest BCUT2D eigenvalue weighted by Crippen LogP contribution is -2.45. The highest BCUT2D eigenvalue weighted by Gasteiger charge is 2.29. The van der Waals surface area contributed by atoms with Gasteiger partial charge in [-0.3, -0.25) is 9.25 Å². The lowest BCUT2D eigenvalue weighted by molar-refractivity contribution is 0.458. The van der Waals surface area contributed by atoms with Gasteiger partial charge in [0.15, 0.2) is 34.4 Å². The van der Waals surface area contributed by atoms with Gasteiger partial charge in [-0.05, 0) is 43.2 Å². The summed E-state index contributed by atoms with van der Waals surface area (Å²) in [5.41, 5.74) is 1.83. The lowest BCUT2D eigenvalue weighted by atomic mass is 10.1. The van der Waals surface area contributed by atoms with Gasteiger partial charge in [0.05, 0.1) is 9.92 Å². The first-order chi connectivity index (χ1) is 19.2. The molecule has 0 unspecified atom stereocenters. The molecule has 0 radical (unpaired) electrons. The van der Waals surface area contributed by atoms with Gasteiger partial charge < -0.3 is 4.90 Å². The summed E-state index contributed by atoms with van der Waals surface area (Å²) in [6, 6.07) is 11.4. The van der Waals surface area contributed by atoms with Crippen LogP contribution >= 0.6 is 11.6 Å². The molecule has 6 rings (SSSR count). The number of rotatable bonds is 6. The molecule has 0 spiro atoms. The van der Waals surface area contributed by atoms with Crippen LogP contribution in [0.2, 0.25) is 5.02 Å². The Hall–Kier alpha value is -3.94. The van der Waals surface area contributed by atoms with E-state index in [0.717, 1.165) is 12.1 Å². The number of hydrogen-bond acceptors (Lipinski definition) is 7. The first kappa shape index (κ1) is 26.3. The van der Waals surface area contributed by atoms with Gasteiger partial charge in [-0.25, -0.2) is 36.9 Å². The molecule has 5 aromatic rings. The molecule has 0 bridgehead atoms. The van der Waals surface area contributed by atoms with Gasteiger partial charge in [-0.15, -0.1) is 0 Å². The number of piperidine rings is 1. The third-order valence-corrected chi connectivity index (χ3v) is 8.63. The second kappa shape index (κ2) is 10.2. The van der Waals surface area contributed by atoms with Gasteiger partial charge >= 0.3 is 0 Å². The number of benzene rings is 2. The molecule has 4 heterocycles. The van der Waals surface area contributed by atoms with Crippen molar-refractivity contribution in [3.05, 3.63) is 77.7 Å². The van der Waals surface area contributed by atoms with Crippen LogP contribution in [0.15, 0.2) is 66.0 Å². The fourth-order valence-electron chi connectivity index (χ4n) is 4.81. The average Bonchev–Trinajstić information content (AvgIpc) is 3.53. The molecule has 14 heteroatoms. The Kier molecular flexibility index (Phi) is 6.72. The number of fused-ring (bicyclic) bond motifs is 1. The normalized spacial score (nSPS) is 14.8. The number of hydrogen-bond donors (Lipinski definition) is 1. The van der Waals surface area contributed by atoms with Crippen LogP contribution in [0, 0.1) is 11.6 Å². The minimum atomic E-state index is -4.02. The van der Waals surface area contributed by atoms with Crippen molar-refractivity contribution in [1.82, 2.24) is 34.0 Å². The third-order valence-electron chi connectivity index (χ3n) is 6.79. The SMILES string of the molecule is Cn1ccc(-n2c(-c3ccccc3Cl)nc3c(N4CCC(NS(=O)(=O)c5ccc(F)c(F)c5)CC4)ncnc32)n1. The topological polar surface area (TPSA) is 111 Å². The van der Waals surface area contributed by atoms with Crippen molar-refractivity contribution >= 4 is 38.6 Å². The molecule has 1 fully saturated rings. The fraction of sp³-hybridized carbons (Fsp3) is 0.231. The predicted molar refractivity (Wildman–Crippen MR) is 146 cm³/mol. The van der Waals surface area contributed by atoms with Crippen LogP contribution in [0.1, 0.15) is 12.8 Å². The van der Waals surface area contributed by atoms with Gasteiger partial charge in [0.2, 0.25) is 10.0 Å². The molecule has 1 N–H and O–H groups in total. The van der Waals surface area contributed by atoms with Crippen LogP contribution in [0.3, 0.4) is 0 Å². The van der Waals surface area contributed by atoms with E-state index >= 15 is 0 Å². The highest BCUT2D eigenvalue weighted by molar-refractivity contribution is 7.89. The Morgan fingerprint density at radius 2 is 1.80 bits per heavy atom. The maximum absolute atomic E-state index is 13.6. The molecule has 0 atom stereocenters. The monoisotopic (exact) mass is 584 g/mol. The van der Waals surface area contributed by atoms with Crippen molar-refractivity contribution in [2.24, 2.45) is 7.05 Å². The summed E-state index contributed by atoms with van der Waals surface area (Å²) < 4.78 is 58.6. The number of aromatic nitrogens is 6. The van der Waals surface area contributed by atoms with E-state index in [9.17, 15) is 17.2 Å². The molecule has 40 heavy (non-hydrogen) atoms. The number of nitrogens with one attached hydrogen (secondary N) is 1. The lowest BCUT2D eigenvalue weighted by Gasteiger charge is -2.32.